The Morgan fingerprint density at radius 1 is 1.30 bits per heavy atom. The fraction of sp³-hybridized carbons (Fsp3) is 0.467. The standard InChI is InChI=1S/C15H17N3O2/c1-8-6-9(2-4-12(8)16)15-17-14(18-20-15)11-7-10-3-5-13(11)19-10/h2,4,6,10-11,13H,3,5,7,16H2,1H3. The lowest BCUT2D eigenvalue weighted by Gasteiger charge is -2.13. The van der Waals surface area contributed by atoms with Crippen LogP contribution in [0.4, 0.5) is 5.69 Å². The molecule has 2 aliphatic heterocycles. The number of hydrogen-bond acceptors (Lipinski definition) is 5. The molecule has 0 saturated carbocycles. The van der Waals surface area contributed by atoms with Gasteiger partial charge in [0.1, 0.15) is 0 Å². The molecule has 2 aromatic rings. The Morgan fingerprint density at radius 2 is 2.20 bits per heavy atom. The maximum absolute atomic E-state index is 5.85. The Balaban J connectivity index is 1.63. The van der Waals surface area contributed by atoms with Gasteiger partial charge in [0.2, 0.25) is 0 Å². The van der Waals surface area contributed by atoms with Crippen LogP contribution in [0, 0.1) is 6.92 Å². The monoisotopic (exact) mass is 271 g/mol. The van der Waals surface area contributed by atoms with Crippen LogP contribution in [0.2, 0.25) is 0 Å². The van der Waals surface area contributed by atoms with Crippen molar-refractivity contribution in [1.29, 1.82) is 0 Å². The number of ether oxygens (including phenoxy) is 1. The average molecular weight is 271 g/mol. The lowest BCUT2D eigenvalue weighted by atomic mass is 9.89. The minimum absolute atomic E-state index is 0.276. The van der Waals surface area contributed by atoms with Crippen LogP contribution in [0.25, 0.3) is 11.5 Å². The number of benzene rings is 1. The molecular formula is C15H17N3O2. The maximum Gasteiger partial charge on any atom is 0.257 e. The first-order valence-corrected chi connectivity index (χ1v) is 7.06. The van der Waals surface area contributed by atoms with Gasteiger partial charge in [-0.2, -0.15) is 4.98 Å². The molecule has 20 heavy (non-hydrogen) atoms. The van der Waals surface area contributed by atoms with Gasteiger partial charge in [0.15, 0.2) is 5.82 Å². The van der Waals surface area contributed by atoms with Crippen LogP contribution in [0.5, 0.6) is 0 Å². The SMILES string of the molecule is Cc1cc(-c2nc(C3CC4CCC3O4)no2)ccc1N. The van der Waals surface area contributed by atoms with Gasteiger partial charge in [0.25, 0.3) is 5.89 Å². The van der Waals surface area contributed by atoms with E-state index in [1.165, 1.54) is 6.42 Å². The molecule has 2 fully saturated rings. The van der Waals surface area contributed by atoms with Crippen molar-refractivity contribution < 1.29 is 9.26 Å². The van der Waals surface area contributed by atoms with Gasteiger partial charge in [0.05, 0.1) is 18.1 Å². The van der Waals surface area contributed by atoms with E-state index in [1.54, 1.807) is 0 Å². The van der Waals surface area contributed by atoms with Crippen molar-refractivity contribution in [2.75, 3.05) is 5.73 Å². The molecule has 0 spiro atoms. The number of nitrogens with two attached hydrogens (primary N) is 1. The summed E-state index contributed by atoms with van der Waals surface area (Å²) in [5.74, 6) is 1.63. The molecule has 1 aromatic carbocycles. The van der Waals surface area contributed by atoms with E-state index >= 15 is 0 Å². The van der Waals surface area contributed by atoms with E-state index in [0.717, 1.165) is 35.5 Å². The van der Waals surface area contributed by atoms with Gasteiger partial charge in [-0.25, -0.2) is 0 Å². The molecule has 2 aliphatic rings. The van der Waals surface area contributed by atoms with Crippen molar-refractivity contribution in [2.24, 2.45) is 0 Å². The molecule has 5 heteroatoms. The van der Waals surface area contributed by atoms with Crippen LogP contribution >= 0.6 is 0 Å². The molecule has 2 N–H and O–H groups in total. The van der Waals surface area contributed by atoms with Crippen LogP contribution in [0.1, 0.15) is 36.6 Å². The van der Waals surface area contributed by atoms with Crippen molar-refractivity contribution >= 4 is 5.69 Å². The van der Waals surface area contributed by atoms with Gasteiger partial charge >= 0.3 is 0 Å². The topological polar surface area (TPSA) is 74.2 Å². The number of hydrogen-bond donors (Lipinski definition) is 1. The second-order valence-electron chi connectivity index (χ2n) is 5.75. The predicted molar refractivity (Wildman–Crippen MR) is 74.1 cm³/mol. The Labute approximate surface area is 117 Å². The first-order valence-electron chi connectivity index (χ1n) is 7.06. The summed E-state index contributed by atoms with van der Waals surface area (Å²) in [6.45, 7) is 1.97. The minimum Gasteiger partial charge on any atom is -0.399 e. The first kappa shape index (κ1) is 11.9. The summed E-state index contributed by atoms with van der Waals surface area (Å²) >= 11 is 0. The second-order valence-corrected chi connectivity index (χ2v) is 5.75. The molecule has 2 saturated heterocycles. The first-order chi connectivity index (χ1) is 9.70. The Hall–Kier alpha value is -1.88. The molecule has 0 radical (unpaired) electrons. The quantitative estimate of drug-likeness (QED) is 0.850. The molecule has 1 aromatic heterocycles. The molecule has 3 heterocycles. The Morgan fingerprint density at radius 3 is 2.90 bits per heavy atom. The zero-order valence-electron chi connectivity index (χ0n) is 11.4. The van der Waals surface area contributed by atoms with E-state index in [-0.39, 0.29) is 6.10 Å². The number of nitrogen functional groups attached to an aromatic ring is 1. The smallest absolute Gasteiger partial charge is 0.257 e. The van der Waals surface area contributed by atoms with Crippen LogP contribution < -0.4 is 5.73 Å². The van der Waals surface area contributed by atoms with Crippen molar-refractivity contribution in [2.45, 2.75) is 44.3 Å². The summed E-state index contributed by atoms with van der Waals surface area (Å²) < 4.78 is 11.3. The molecule has 0 aliphatic carbocycles. The molecule has 4 rings (SSSR count). The van der Waals surface area contributed by atoms with Crippen LogP contribution in [-0.2, 0) is 4.74 Å². The van der Waals surface area contributed by atoms with Crippen molar-refractivity contribution in [3.05, 3.63) is 29.6 Å². The van der Waals surface area contributed by atoms with Gasteiger partial charge in [0, 0.05) is 11.3 Å². The lowest BCUT2D eigenvalue weighted by molar-refractivity contribution is 0.0996. The highest BCUT2D eigenvalue weighted by atomic mass is 16.5. The number of rotatable bonds is 2. The van der Waals surface area contributed by atoms with E-state index < -0.39 is 0 Å². The van der Waals surface area contributed by atoms with Crippen molar-refractivity contribution in [3.8, 4) is 11.5 Å². The maximum atomic E-state index is 5.85. The van der Waals surface area contributed by atoms with Crippen LogP contribution in [-0.4, -0.2) is 22.3 Å². The van der Waals surface area contributed by atoms with Gasteiger partial charge in [-0.1, -0.05) is 5.16 Å². The van der Waals surface area contributed by atoms with Gasteiger partial charge in [-0.3, -0.25) is 0 Å². The highest BCUT2D eigenvalue weighted by Gasteiger charge is 2.43. The number of fused-ring (bicyclic) bond motifs is 2. The van der Waals surface area contributed by atoms with Gasteiger partial charge in [-0.05, 0) is 49.9 Å². The molecule has 3 atom stereocenters. The highest BCUT2D eigenvalue weighted by Crippen LogP contribution is 2.43. The zero-order valence-corrected chi connectivity index (χ0v) is 11.4. The zero-order chi connectivity index (χ0) is 13.7. The summed E-state index contributed by atoms with van der Waals surface area (Å²) in [6.07, 6.45) is 3.97. The molecule has 2 bridgehead atoms. The number of aryl methyl sites for hydroxylation is 1. The van der Waals surface area contributed by atoms with E-state index in [1.807, 2.05) is 25.1 Å². The largest absolute Gasteiger partial charge is 0.399 e. The summed E-state index contributed by atoms with van der Waals surface area (Å²) in [5.41, 5.74) is 8.54. The molecule has 104 valence electrons. The summed E-state index contributed by atoms with van der Waals surface area (Å²) in [6, 6.07) is 5.76. The Kier molecular flexibility index (Phi) is 2.57. The summed E-state index contributed by atoms with van der Waals surface area (Å²) in [4.78, 5) is 4.55. The van der Waals surface area contributed by atoms with E-state index in [0.29, 0.717) is 17.9 Å². The molecule has 0 amide bonds. The van der Waals surface area contributed by atoms with Crippen LogP contribution in [0.3, 0.4) is 0 Å². The van der Waals surface area contributed by atoms with Gasteiger partial charge in [-0.15, -0.1) is 0 Å². The average Bonchev–Trinajstić information content (AvgIpc) is 3.16. The third kappa shape index (κ3) is 1.81. The van der Waals surface area contributed by atoms with E-state index in [2.05, 4.69) is 10.1 Å². The predicted octanol–water partition coefficient (Wildman–Crippen LogP) is 2.66. The van der Waals surface area contributed by atoms with Crippen LogP contribution in [0.15, 0.2) is 22.7 Å². The lowest BCUT2D eigenvalue weighted by Crippen LogP contribution is -2.15. The molecule has 3 unspecified atom stereocenters. The fourth-order valence-corrected chi connectivity index (χ4v) is 3.22. The van der Waals surface area contributed by atoms with E-state index in [4.69, 9.17) is 15.0 Å². The number of aromatic nitrogens is 2. The molecule has 5 nitrogen and oxygen atoms in total. The summed E-state index contributed by atoms with van der Waals surface area (Å²) in [5, 5.41) is 4.15. The summed E-state index contributed by atoms with van der Waals surface area (Å²) in [7, 11) is 0. The third-order valence-corrected chi connectivity index (χ3v) is 4.40. The number of nitrogens with zero attached hydrogens (tertiary/aromatic N) is 2. The third-order valence-electron chi connectivity index (χ3n) is 4.40. The number of anilines is 1. The second kappa shape index (κ2) is 4.31. The minimum atomic E-state index is 0.276. The van der Waals surface area contributed by atoms with Crippen molar-refractivity contribution in [3.63, 3.8) is 0 Å². The fourth-order valence-electron chi connectivity index (χ4n) is 3.22. The highest BCUT2D eigenvalue weighted by molar-refractivity contribution is 5.60. The normalized spacial score (nSPS) is 28.1. The molecular weight excluding hydrogens is 254 g/mol. The van der Waals surface area contributed by atoms with Gasteiger partial charge < -0.3 is 15.0 Å². The van der Waals surface area contributed by atoms with Crippen molar-refractivity contribution in [1.82, 2.24) is 10.1 Å². The van der Waals surface area contributed by atoms with E-state index in [9.17, 15) is 0 Å². The Bertz CT molecular complexity index is 652.